The quantitative estimate of drug-likeness (QED) is 0.563. The monoisotopic (exact) mass is 198 g/mol. The van der Waals surface area contributed by atoms with Crippen LogP contribution in [-0.4, -0.2) is 23.6 Å². The summed E-state index contributed by atoms with van der Waals surface area (Å²) in [5, 5.41) is 18.2. The SMILES string of the molecule is CC.COc1cc(C=O)cc(O)c1O. The van der Waals surface area contributed by atoms with Gasteiger partial charge in [-0.1, -0.05) is 13.8 Å². The Morgan fingerprint density at radius 1 is 1.29 bits per heavy atom. The number of carbonyl (C=O) groups is 1. The van der Waals surface area contributed by atoms with Crippen LogP contribution in [-0.2, 0) is 0 Å². The van der Waals surface area contributed by atoms with Crippen LogP contribution in [0.15, 0.2) is 12.1 Å². The summed E-state index contributed by atoms with van der Waals surface area (Å²) in [7, 11) is 1.34. The number of carbonyl (C=O) groups excluding carboxylic acids is 1. The van der Waals surface area contributed by atoms with Crippen molar-refractivity contribution in [3.8, 4) is 17.2 Å². The van der Waals surface area contributed by atoms with Crippen molar-refractivity contribution in [2.24, 2.45) is 0 Å². The normalized spacial score (nSPS) is 8.50. The number of methoxy groups -OCH3 is 1. The predicted molar refractivity (Wildman–Crippen MR) is 53.1 cm³/mol. The Labute approximate surface area is 82.8 Å². The lowest BCUT2D eigenvalue weighted by Gasteiger charge is -2.04. The molecule has 1 aromatic rings. The third kappa shape index (κ3) is 2.65. The predicted octanol–water partition coefficient (Wildman–Crippen LogP) is 1.95. The standard InChI is InChI=1S/C8H8O4.C2H6/c1-12-7-3-5(4-9)2-6(10)8(7)11;1-2/h2-4,10-11H,1H3;1-2H3. The van der Waals surface area contributed by atoms with Gasteiger partial charge in [-0.05, 0) is 12.1 Å². The molecule has 0 aromatic heterocycles. The van der Waals surface area contributed by atoms with Crippen molar-refractivity contribution in [2.45, 2.75) is 13.8 Å². The van der Waals surface area contributed by atoms with E-state index in [-0.39, 0.29) is 22.8 Å². The average molecular weight is 198 g/mol. The van der Waals surface area contributed by atoms with Crippen LogP contribution in [0, 0.1) is 0 Å². The Balaban J connectivity index is 0.000000791. The number of aldehydes is 1. The molecule has 4 heteroatoms. The van der Waals surface area contributed by atoms with Gasteiger partial charge in [0.2, 0.25) is 5.75 Å². The van der Waals surface area contributed by atoms with Gasteiger partial charge in [0.25, 0.3) is 0 Å². The van der Waals surface area contributed by atoms with Gasteiger partial charge in [0, 0.05) is 5.56 Å². The van der Waals surface area contributed by atoms with Crippen molar-refractivity contribution in [1.29, 1.82) is 0 Å². The fourth-order valence-corrected chi connectivity index (χ4v) is 0.837. The minimum atomic E-state index is -0.364. The lowest BCUT2D eigenvalue weighted by molar-refractivity contribution is 0.112. The molecule has 0 atom stereocenters. The molecule has 0 unspecified atom stereocenters. The molecule has 2 N–H and O–H groups in total. The summed E-state index contributed by atoms with van der Waals surface area (Å²) in [6.07, 6.45) is 0.557. The van der Waals surface area contributed by atoms with Gasteiger partial charge in [-0.3, -0.25) is 4.79 Å². The summed E-state index contributed by atoms with van der Waals surface area (Å²) >= 11 is 0. The van der Waals surface area contributed by atoms with Crippen LogP contribution < -0.4 is 4.74 Å². The number of phenolic OH excluding ortho intramolecular Hbond substituents is 2. The lowest BCUT2D eigenvalue weighted by Crippen LogP contribution is -1.87. The summed E-state index contributed by atoms with van der Waals surface area (Å²) in [5.41, 5.74) is 0.252. The molecule has 1 aromatic carbocycles. The van der Waals surface area contributed by atoms with E-state index in [1.165, 1.54) is 13.2 Å². The van der Waals surface area contributed by atoms with E-state index in [1.54, 1.807) is 0 Å². The molecule has 0 aliphatic carbocycles. The molecule has 0 aliphatic heterocycles. The molecule has 0 saturated carbocycles. The smallest absolute Gasteiger partial charge is 0.200 e. The lowest BCUT2D eigenvalue weighted by atomic mass is 10.2. The minimum absolute atomic E-state index is 0.0806. The summed E-state index contributed by atoms with van der Waals surface area (Å²) in [6, 6.07) is 2.49. The van der Waals surface area contributed by atoms with E-state index in [9.17, 15) is 4.79 Å². The van der Waals surface area contributed by atoms with Crippen molar-refractivity contribution < 1.29 is 19.7 Å². The van der Waals surface area contributed by atoms with Crippen LogP contribution >= 0.6 is 0 Å². The maximum atomic E-state index is 10.3. The zero-order chi connectivity index (χ0) is 11.1. The topological polar surface area (TPSA) is 66.8 Å². The highest BCUT2D eigenvalue weighted by Gasteiger charge is 2.08. The molecule has 0 saturated heterocycles. The van der Waals surface area contributed by atoms with E-state index in [2.05, 4.69) is 0 Å². The molecule has 0 radical (unpaired) electrons. The minimum Gasteiger partial charge on any atom is -0.504 e. The zero-order valence-corrected chi connectivity index (χ0v) is 8.44. The molecule has 0 spiro atoms. The molecule has 0 bridgehead atoms. The van der Waals surface area contributed by atoms with Crippen molar-refractivity contribution in [1.82, 2.24) is 0 Å². The van der Waals surface area contributed by atoms with Crippen LogP contribution in [0.3, 0.4) is 0 Å². The molecule has 0 fully saturated rings. The maximum absolute atomic E-state index is 10.3. The molecule has 4 nitrogen and oxygen atoms in total. The zero-order valence-electron chi connectivity index (χ0n) is 8.44. The van der Waals surface area contributed by atoms with Gasteiger partial charge < -0.3 is 14.9 Å². The highest BCUT2D eigenvalue weighted by Crippen LogP contribution is 2.35. The number of hydrogen-bond acceptors (Lipinski definition) is 4. The first-order chi connectivity index (χ1) is 6.69. The second-order valence-corrected chi connectivity index (χ2v) is 2.21. The van der Waals surface area contributed by atoms with Crippen molar-refractivity contribution in [3.63, 3.8) is 0 Å². The Hall–Kier alpha value is -1.71. The Bertz CT molecular complexity index is 307. The number of phenols is 2. The Morgan fingerprint density at radius 3 is 2.29 bits per heavy atom. The number of rotatable bonds is 2. The third-order valence-corrected chi connectivity index (χ3v) is 1.43. The van der Waals surface area contributed by atoms with Gasteiger partial charge in [0.1, 0.15) is 6.29 Å². The number of ether oxygens (including phenoxy) is 1. The molecule has 0 aliphatic rings. The average Bonchev–Trinajstić information content (AvgIpc) is 2.24. The molecule has 78 valence electrons. The maximum Gasteiger partial charge on any atom is 0.200 e. The fourth-order valence-electron chi connectivity index (χ4n) is 0.837. The second-order valence-electron chi connectivity index (χ2n) is 2.21. The number of hydrogen-bond donors (Lipinski definition) is 2. The van der Waals surface area contributed by atoms with E-state index in [1.807, 2.05) is 13.8 Å². The highest BCUT2D eigenvalue weighted by atomic mass is 16.5. The van der Waals surface area contributed by atoms with Gasteiger partial charge in [0.05, 0.1) is 7.11 Å². The van der Waals surface area contributed by atoms with Crippen molar-refractivity contribution in [3.05, 3.63) is 17.7 Å². The first-order valence-electron chi connectivity index (χ1n) is 4.24. The van der Waals surface area contributed by atoms with Crippen LogP contribution in [0.5, 0.6) is 17.2 Å². The molecule has 14 heavy (non-hydrogen) atoms. The van der Waals surface area contributed by atoms with Crippen LogP contribution in [0.25, 0.3) is 0 Å². The van der Waals surface area contributed by atoms with Gasteiger partial charge in [-0.15, -0.1) is 0 Å². The largest absolute Gasteiger partial charge is 0.504 e. The second kappa shape index (κ2) is 5.85. The fraction of sp³-hybridized carbons (Fsp3) is 0.300. The third-order valence-electron chi connectivity index (χ3n) is 1.43. The van der Waals surface area contributed by atoms with E-state index < -0.39 is 0 Å². The van der Waals surface area contributed by atoms with E-state index in [0.29, 0.717) is 6.29 Å². The molecule has 0 amide bonds. The van der Waals surface area contributed by atoms with Crippen molar-refractivity contribution >= 4 is 6.29 Å². The van der Waals surface area contributed by atoms with Gasteiger partial charge in [-0.2, -0.15) is 0 Å². The number of benzene rings is 1. The van der Waals surface area contributed by atoms with Crippen LogP contribution in [0.1, 0.15) is 24.2 Å². The Morgan fingerprint density at radius 2 is 1.86 bits per heavy atom. The van der Waals surface area contributed by atoms with E-state index in [4.69, 9.17) is 14.9 Å². The van der Waals surface area contributed by atoms with Crippen LogP contribution in [0.4, 0.5) is 0 Å². The first-order valence-corrected chi connectivity index (χ1v) is 4.24. The first kappa shape index (κ1) is 12.3. The molecule has 0 heterocycles. The molecular weight excluding hydrogens is 184 g/mol. The van der Waals surface area contributed by atoms with E-state index >= 15 is 0 Å². The van der Waals surface area contributed by atoms with Gasteiger partial charge in [-0.25, -0.2) is 0 Å². The summed E-state index contributed by atoms with van der Waals surface area (Å²) in [4.78, 5) is 10.3. The summed E-state index contributed by atoms with van der Waals surface area (Å²) < 4.78 is 4.70. The Kier molecular flexibility index (Phi) is 5.14. The molecular formula is C10H14O4. The molecule has 1 rings (SSSR count). The summed E-state index contributed by atoms with van der Waals surface area (Å²) in [5.74, 6) is -0.642. The van der Waals surface area contributed by atoms with E-state index in [0.717, 1.165) is 6.07 Å². The number of aromatic hydroxyl groups is 2. The van der Waals surface area contributed by atoms with Crippen LogP contribution in [0.2, 0.25) is 0 Å². The van der Waals surface area contributed by atoms with Gasteiger partial charge in [0.15, 0.2) is 11.5 Å². The highest BCUT2D eigenvalue weighted by molar-refractivity contribution is 5.78. The van der Waals surface area contributed by atoms with Crippen molar-refractivity contribution in [2.75, 3.05) is 7.11 Å². The van der Waals surface area contributed by atoms with Gasteiger partial charge >= 0.3 is 0 Å². The summed E-state index contributed by atoms with van der Waals surface area (Å²) in [6.45, 7) is 4.00.